The molecule has 0 saturated heterocycles. The number of aryl methyl sites for hydroxylation is 2. The van der Waals surface area contributed by atoms with Crippen LogP contribution in [0.1, 0.15) is 37.8 Å². The van der Waals surface area contributed by atoms with Crippen LogP contribution in [0.2, 0.25) is 0 Å². The van der Waals surface area contributed by atoms with E-state index in [-0.39, 0.29) is 11.9 Å². The molecule has 3 rings (SSSR count). The fraction of sp³-hybridized carbons (Fsp3) is 0.471. The molecule has 3 aromatic rings. The number of halogens is 1. The van der Waals surface area contributed by atoms with Gasteiger partial charge in [0.05, 0.1) is 25.0 Å². The van der Waals surface area contributed by atoms with Gasteiger partial charge in [0.15, 0.2) is 4.67 Å². The van der Waals surface area contributed by atoms with E-state index in [1.807, 2.05) is 34.6 Å². The number of carbonyl (C=O) groups is 1. The molecule has 3 aromatic heterocycles. The number of fused-ring (bicyclic) bond motifs is 1. The van der Waals surface area contributed by atoms with E-state index in [1.54, 1.807) is 11.9 Å². The van der Waals surface area contributed by atoms with Gasteiger partial charge in [-0.25, -0.2) is 0 Å². The summed E-state index contributed by atoms with van der Waals surface area (Å²) >= 11 is 3.27. The number of hydrogen-bond acceptors (Lipinski definition) is 4. The van der Waals surface area contributed by atoms with E-state index in [2.05, 4.69) is 40.0 Å². The smallest absolute Gasteiger partial charge is 0.224 e. The van der Waals surface area contributed by atoms with E-state index in [9.17, 15) is 4.79 Å². The summed E-state index contributed by atoms with van der Waals surface area (Å²) in [5.41, 5.74) is 2.94. The first-order valence-corrected chi connectivity index (χ1v) is 9.05. The van der Waals surface area contributed by atoms with Gasteiger partial charge in [0.25, 0.3) is 0 Å². The van der Waals surface area contributed by atoms with Crippen LogP contribution in [0, 0.1) is 6.92 Å². The molecule has 7 nitrogen and oxygen atoms in total. The van der Waals surface area contributed by atoms with E-state index < -0.39 is 0 Å². The zero-order valence-corrected chi connectivity index (χ0v) is 16.4. The molecule has 3 heterocycles. The number of hydrogen-bond donors (Lipinski definition) is 0. The molecule has 0 spiro atoms. The predicted octanol–water partition coefficient (Wildman–Crippen LogP) is 3.53. The maximum Gasteiger partial charge on any atom is 0.224 e. The van der Waals surface area contributed by atoms with E-state index in [1.165, 1.54) is 0 Å². The molecule has 0 aliphatic heterocycles. The highest BCUT2D eigenvalue weighted by Crippen LogP contribution is 2.21. The minimum Gasteiger partial charge on any atom is -0.452 e. The zero-order valence-electron chi connectivity index (χ0n) is 14.9. The highest BCUT2D eigenvalue weighted by Gasteiger charge is 2.17. The van der Waals surface area contributed by atoms with Gasteiger partial charge in [-0.05, 0) is 48.8 Å². The molecular formula is C17H22BrN5O2. The van der Waals surface area contributed by atoms with Crippen LogP contribution in [-0.2, 0) is 17.9 Å². The van der Waals surface area contributed by atoms with Crippen LogP contribution in [0.3, 0.4) is 0 Å². The largest absolute Gasteiger partial charge is 0.452 e. The molecular weight excluding hydrogens is 386 g/mol. The molecule has 0 unspecified atom stereocenters. The predicted molar refractivity (Wildman–Crippen MR) is 98.1 cm³/mol. The van der Waals surface area contributed by atoms with Crippen LogP contribution in [0.5, 0.6) is 0 Å². The monoisotopic (exact) mass is 407 g/mol. The third kappa shape index (κ3) is 3.63. The molecule has 0 radical (unpaired) electrons. The first-order valence-electron chi connectivity index (χ1n) is 8.25. The van der Waals surface area contributed by atoms with Crippen molar-refractivity contribution in [1.82, 2.24) is 24.5 Å². The summed E-state index contributed by atoms with van der Waals surface area (Å²) in [4.78, 5) is 14.1. The molecule has 134 valence electrons. The van der Waals surface area contributed by atoms with E-state index in [4.69, 9.17) is 4.42 Å². The maximum absolute atomic E-state index is 12.4. The average Bonchev–Trinajstić information content (AvgIpc) is 3.23. The summed E-state index contributed by atoms with van der Waals surface area (Å²) in [6.45, 7) is 7.13. The van der Waals surface area contributed by atoms with Gasteiger partial charge in [-0.3, -0.25) is 14.2 Å². The topological polar surface area (TPSA) is 69.1 Å². The number of carbonyl (C=O) groups excluding carboxylic acids is 1. The molecule has 0 fully saturated rings. The molecule has 0 saturated carbocycles. The third-order valence-corrected chi connectivity index (χ3v) is 4.57. The first kappa shape index (κ1) is 17.7. The lowest BCUT2D eigenvalue weighted by atomic mass is 10.3. The summed E-state index contributed by atoms with van der Waals surface area (Å²) in [5.74, 6) is 0.795. The van der Waals surface area contributed by atoms with E-state index in [0.29, 0.717) is 24.2 Å². The van der Waals surface area contributed by atoms with E-state index in [0.717, 1.165) is 22.5 Å². The number of rotatable bonds is 6. The van der Waals surface area contributed by atoms with Crippen molar-refractivity contribution >= 4 is 32.9 Å². The molecule has 0 aliphatic rings. The molecule has 8 heteroatoms. The standard InChI is InChI=1S/C17H22BrN5O2/c1-11(2)23-14-9-19-22(17(14)12(3)20-23)8-7-16(24)21(4)10-13-5-6-15(18)25-13/h5-6,9,11H,7-8,10H2,1-4H3. The van der Waals surface area contributed by atoms with Crippen molar-refractivity contribution in [3.63, 3.8) is 0 Å². The molecule has 0 bridgehead atoms. The Morgan fingerprint density at radius 3 is 2.80 bits per heavy atom. The summed E-state index contributed by atoms with van der Waals surface area (Å²) < 4.78 is 9.95. The Morgan fingerprint density at radius 1 is 1.40 bits per heavy atom. The van der Waals surface area contributed by atoms with Gasteiger partial charge >= 0.3 is 0 Å². The second kappa shape index (κ2) is 7.03. The zero-order chi connectivity index (χ0) is 18.1. The van der Waals surface area contributed by atoms with Gasteiger partial charge in [-0.2, -0.15) is 10.2 Å². The minimum absolute atomic E-state index is 0.0464. The lowest BCUT2D eigenvalue weighted by Crippen LogP contribution is -2.27. The number of furan rings is 1. The highest BCUT2D eigenvalue weighted by atomic mass is 79.9. The second-order valence-electron chi connectivity index (χ2n) is 6.43. The van der Waals surface area contributed by atoms with Crippen molar-refractivity contribution in [3.05, 3.63) is 34.5 Å². The maximum atomic E-state index is 12.4. The van der Waals surface area contributed by atoms with Crippen molar-refractivity contribution < 1.29 is 9.21 Å². The number of aromatic nitrogens is 4. The Kier molecular flexibility index (Phi) is 4.99. The van der Waals surface area contributed by atoms with E-state index >= 15 is 0 Å². The summed E-state index contributed by atoms with van der Waals surface area (Å²) in [5, 5.41) is 9.01. The fourth-order valence-corrected chi connectivity index (χ4v) is 3.23. The van der Waals surface area contributed by atoms with Crippen LogP contribution in [0.4, 0.5) is 0 Å². The molecule has 0 aliphatic carbocycles. The van der Waals surface area contributed by atoms with Crippen LogP contribution in [0.15, 0.2) is 27.4 Å². The summed E-state index contributed by atoms with van der Waals surface area (Å²) in [6, 6.07) is 3.95. The van der Waals surface area contributed by atoms with Crippen LogP contribution >= 0.6 is 15.9 Å². The Morgan fingerprint density at radius 2 is 2.16 bits per heavy atom. The van der Waals surface area contributed by atoms with Crippen molar-refractivity contribution in [3.8, 4) is 0 Å². The number of nitrogens with zero attached hydrogens (tertiary/aromatic N) is 5. The molecule has 0 aromatic carbocycles. The molecule has 1 amide bonds. The van der Waals surface area contributed by atoms with Crippen molar-refractivity contribution in [2.75, 3.05) is 7.05 Å². The van der Waals surface area contributed by atoms with Crippen molar-refractivity contribution in [2.45, 2.75) is 46.3 Å². The summed E-state index contributed by atoms with van der Waals surface area (Å²) in [7, 11) is 1.78. The Hall–Kier alpha value is -2.09. The first-order chi connectivity index (χ1) is 11.9. The van der Waals surface area contributed by atoms with Crippen LogP contribution in [-0.4, -0.2) is 37.4 Å². The Labute approximate surface area is 154 Å². The quantitative estimate of drug-likeness (QED) is 0.626. The normalized spacial score (nSPS) is 11.6. The van der Waals surface area contributed by atoms with Gasteiger partial charge < -0.3 is 9.32 Å². The number of amides is 1. The minimum atomic E-state index is 0.0464. The van der Waals surface area contributed by atoms with Gasteiger partial charge in [0.2, 0.25) is 5.91 Å². The Bertz CT molecular complexity index is 892. The second-order valence-corrected chi connectivity index (χ2v) is 7.21. The van der Waals surface area contributed by atoms with Gasteiger partial charge in [-0.1, -0.05) is 0 Å². The van der Waals surface area contributed by atoms with Crippen LogP contribution < -0.4 is 0 Å². The van der Waals surface area contributed by atoms with Gasteiger partial charge in [0.1, 0.15) is 16.8 Å². The molecule has 0 N–H and O–H groups in total. The lowest BCUT2D eigenvalue weighted by molar-refractivity contribution is -0.130. The van der Waals surface area contributed by atoms with Crippen molar-refractivity contribution in [2.24, 2.45) is 0 Å². The fourth-order valence-electron chi connectivity index (χ4n) is 2.89. The average molecular weight is 408 g/mol. The third-order valence-electron chi connectivity index (χ3n) is 4.14. The molecule has 25 heavy (non-hydrogen) atoms. The molecule has 0 atom stereocenters. The lowest BCUT2D eigenvalue weighted by Gasteiger charge is -2.15. The van der Waals surface area contributed by atoms with Crippen LogP contribution in [0.25, 0.3) is 11.0 Å². The van der Waals surface area contributed by atoms with Crippen molar-refractivity contribution in [1.29, 1.82) is 0 Å². The van der Waals surface area contributed by atoms with Gasteiger partial charge in [-0.15, -0.1) is 0 Å². The summed E-state index contributed by atoms with van der Waals surface area (Å²) in [6.07, 6.45) is 2.20. The Balaban J connectivity index is 1.67. The highest BCUT2D eigenvalue weighted by molar-refractivity contribution is 9.10. The SMILES string of the molecule is Cc1nn(C(C)C)c2cnn(CCC(=O)N(C)Cc3ccc(Br)o3)c12. The van der Waals surface area contributed by atoms with Gasteiger partial charge in [0, 0.05) is 19.5 Å².